The number of nitrogens with one attached hydrogen (secondary N) is 1. The molecule has 2 N–H and O–H groups in total. The zero-order valence-corrected chi connectivity index (χ0v) is 12.0. The molecule has 106 valence electrons. The number of rotatable bonds is 4. The third kappa shape index (κ3) is 3.30. The minimum absolute atomic E-state index is 0.0539. The summed E-state index contributed by atoms with van der Waals surface area (Å²) >= 11 is 0. The largest absolute Gasteiger partial charge is 0.480 e. The number of hydrogen-bond acceptors (Lipinski definition) is 4. The number of nitrogens with zero attached hydrogens (tertiary/aromatic N) is 2. The first kappa shape index (κ1) is 14.4. The van der Waals surface area contributed by atoms with Crippen LogP contribution in [0.5, 0.6) is 0 Å². The molecule has 0 fully saturated rings. The summed E-state index contributed by atoms with van der Waals surface area (Å²) in [5.41, 5.74) is 2.78. The molecule has 0 aliphatic rings. The Labute approximate surface area is 118 Å². The van der Waals surface area contributed by atoms with Gasteiger partial charge in [-0.3, -0.25) is 14.8 Å². The smallest absolute Gasteiger partial charge is 0.317 e. The zero-order chi connectivity index (χ0) is 14.8. The van der Waals surface area contributed by atoms with Gasteiger partial charge in [0.15, 0.2) is 0 Å². The van der Waals surface area contributed by atoms with Crippen LogP contribution in [0.4, 0.5) is 0 Å². The Morgan fingerprint density at radius 2 is 2.10 bits per heavy atom. The number of fused-ring (bicyclic) bond motifs is 1. The predicted molar refractivity (Wildman–Crippen MR) is 77.6 cm³/mol. The summed E-state index contributed by atoms with van der Waals surface area (Å²) in [5, 5.41) is 12.5. The maximum Gasteiger partial charge on any atom is 0.317 e. The van der Waals surface area contributed by atoms with Crippen molar-refractivity contribution in [2.75, 3.05) is 6.54 Å². The van der Waals surface area contributed by atoms with Crippen molar-refractivity contribution in [3.8, 4) is 0 Å². The standard InChI is InChI=1S/C15H19N3O2/c1-15(2,3)14-13-11(4-5-17-14)6-10(8-18-13)7-16-9-12(19)20/h4-6,8,16H,7,9H2,1-3H3,(H,19,20). The van der Waals surface area contributed by atoms with Crippen molar-refractivity contribution in [1.29, 1.82) is 0 Å². The Morgan fingerprint density at radius 3 is 2.75 bits per heavy atom. The van der Waals surface area contributed by atoms with Crippen molar-refractivity contribution < 1.29 is 9.90 Å². The molecule has 0 aliphatic heterocycles. The minimum atomic E-state index is -0.863. The molecule has 5 heteroatoms. The second kappa shape index (κ2) is 5.54. The molecule has 5 nitrogen and oxygen atoms in total. The van der Waals surface area contributed by atoms with Gasteiger partial charge >= 0.3 is 5.97 Å². The molecular formula is C15H19N3O2. The van der Waals surface area contributed by atoms with Gasteiger partial charge in [-0.1, -0.05) is 20.8 Å². The van der Waals surface area contributed by atoms with E-state index >= 15 is 0 Å². The van der Waals surface area contributed by atoms with Gasteiger partial charge in [-0.25, -0.2) is 0 Å². The van der Waals surface area contributed by atoms with E-state index < -0.39 is 5.97 Å². The van der Waals surface area contributed by atoms with Gasteiger partial charge in [0.25, 0.3) is 0 Å². The monoisotopic (exact) mass is 273 g/mol. The number of pyridine rings is 2. The third-order valence-corrected chi connectivity index (χ3v) is 2.97. The molecule has 0 radical (unpaired) electrons. The van der Waals surface area contributed by atoms with Gasteiger partial charge in [0.2, 0.25) is 0 Å². The molecular weight excluding hydrogens is 254 g/mol. The minimum Gasteiger partial charge on any atom is -0.480 e. The fourth-order valence-corrected chi connectivity index (χ4v) is 2.06. The highest BCUT2D eigenvalue weighted by molar-refractivity contribution is 5.81. The summed E-state index contributed by atoms with van der Waals surface area (Å²) in [6.07, 6.45) is 3.56. The summed E-state index contributed by atoms with van der Waals surface area (Å²) < 4.78 is 0. The normalized spacial score (nSPS) is 11.8. The van der Waals surface area contributed by atoms with Crippen LogP contribution in [0.1, 0.15) is 32.0 Å². The zero-order valence-electron chi connectivity index (χ0n) is 12.0. The summed E-state index contributed by atoms with van der Waals surface area (Å²) in [6, 6.07) is 3.95. The molecule has 0 bridgehead atoms. The molecule has 0 amide bonds. The molecule has 2 heterocycles. The van der Waals surface area contributed by atoms with E-state index in [4.69, 9.17) is 5.11 Å². The quantitative estimate of drug-likeness (QED) is 0.892. The van der Waals surface area contributed by atoms with Crippen LogP contribution >= 0.6 is 0 Å². The van der Waals surface area contributed by atoms with E-state index in [0.717, 1.165) is 22.2 Å². The molecule has 2 aromatic heterocycles. The van der Waals surface area contributed by atoms with E-state index in [1.54, 1.807) is 12.4 Å². The lowest BCUT2D eigenvalue weighted by Gasteiger charge is -2.19. The van der Waals surface area contributed by atoms with Crippen LogP contribution in [-0.4, -0.2) is 27.6 Å². The Morgan fingerprint density at radius 1 is 1.35 bits per heavy atom. The van der Waals surface area contributed by atoms with Gasteiger partial charge in [0.1, 0.15) is 0 Å². The van der Waals surface area contributed by atoms with Crippen LogP contribution in [0.2, 0.25) is 0 Å². The van der Waals surface area contributed by atoms with Crippen LogP contribution in [0, 0.1) is 0 Å². The third-order valence-electron chi connectivity index (χ3n) is 2.97. The Kier molecular flexibility index (Phi) is 3.99. The first-order valence-electron chi connectivity index (χ1n) is 6.54. The average molecular weight is 273 g/mol. The summed E-state index contributed by atoms with van der Waals surface area (Å²) in [4.78, 5) is 19.4. The first-order valence-corrected chi connectivity index (χ1v) is 6.54. The van der Waals surface area contributed by atoms with Crippen LogP contribution in [0.3, 0.4) is 0 Å². The number of aliphatic carboxylic acids is 1. The number of carboxylic acid groups (broad SMARTS) is 1. The maximum absolute atomic E-state index is 10.5. The van der Waals surface area contributed by atoms with Crippen LogP contribution < -0.4 is 5.32 Å². The molecule has 2 rings (SSSR count). The van der Waals surface area contributed by atoms with Crippen molar-refractivity contribution in [1.82, 2.24) is 15.3 Å². The molecule has 0 atom stereocenters. The summed E-state index contributed by atoms with van der Waals surface area (Å²) in [6.45, 7) is 6.76. The van der Waals surface area contributed by atoms with Crippen molar-refractivity contribution >= 4 is 16.9 Å². The molecule has 0 unspecified atom stereocenters. The molecule has 0 aliphatic carbocycles. The topological polar surface area (TPSA) is 75.1 Å². The van der Waals surface area contributed by atoms with Gasteiger partial charge in [-0.05, 0) is 17.7 Å². The fraction of sp³-hybridized carbons (Fsp3) is 0.400. The highest BCUT2D eigenvalue weighted by atomic mass is 16.4. The average Bonchev–Trinajstić information content (AvgIpc) is 2.36. The maximum atomic E-state index is 10.5. The van der Waals surface area contributed by atoms with E-state index in [2.05, 4.69) is 36.1 Å². The molecule has 2 aromatic rings. The SMILES string of the molecule is CC(C)(C)c1nccc2cc(CNCC(=O)O)cnc12. The van der Waals surface area contributed by atoms with Crippen LogP contribution in [-0.2, 0) is 16.8 Å². The van der Waals surface area contributed by atoms with Gasteiger partial charge < -0.3 is 10.4 Å². The van der Waals surface area contributed by atoms with E-state index in [1.165, 1.54) is 0 Å². The van der Waals surface area contributed by atoms with E-state index in [1.807, 2.05) is 12.1 Å². The first-order chi connectivity index (χ1) is 9.38. The van der Waals surface area contributed by atoms with Crippen molar-refractivity contribution in [2.24, 2.45) is 0 Å². The van der Waals surface area contributed by atoms with Gasteiger partial charge in [-0.2, -0.15) is 0 Å². The number of carboxylic acids is 1. The van der Waals surface area contributed by atoms with Gasteiger partial charge in [0, 0.05) is 29.7 Å². The highest BCUT2D eigenvalue weighted by Crippen LogP contribution is 2.26. The lowest BCUT2D eigenvalue weighted by atomic mass is 9.90. The van der Waals surface area contributed by atoms with Gasteiger partial charge in [-0.15, -0.1) is 0 Å². The van der Waals surface area contributed by atoms with Crippen molar-refractivity contribution in [3.63, 3.8) is 0 Å². The second-order valence-corrected chi connectivity index (χ2v) is 5.82. The van der Waals surface area contributed by atoms with Crippen LogP contribution in [0.15, 0.2) is 24.5 Å². The summed E-state index contributed by atoms with van der Waals surface area (Å²) in [7, 11) is 0. The van der Waals surface area contributed by atoms with Crippen molar-refractivity contribution in [3.05, 3.63) is 35.8 Å². The Hall–Kier alpha value is -2.01. The molecule has 20 heavy (non-hydrogen) atoms. The van der Waals surface area contributed by atoms with Gasteiger partial charge in [0.05, 0.1) is 17.8 Å². The highest BCUT2D eigenvalue weighted by Gasteiger charge is 2.19. The lowest BCUT2D eigenvalue weighted by molar-refractivity contribution is -0.135. The van der Waals surface area contributed by atoms with E-state index in [-0.39, 0.29) is 12.0 Å². The fourth-order valence-electron chi connectivity index (χ4n) is 2.06. The molecule has 0 aromatic carbocycles. The van der Waals surface area contributed by atoms with E-state index in [0.29, 0.717) is 6.54 Å². The number of aromatic nitrogens is 2. The Balaban J connectivity index is 2.29. The van der Waals surface area contributed by atoms with E-state index in [9.17, 15) is 4.79 Å². The Bertz CT molecular complexity index is 633. The molecule has 0 saturated heterocycles. The lowest BCUT2D eigenvalue weighted by Crippen LogP contribution is -2.22. The van der Waals surface area contributed by atoms with Crippen LogP contribution in [0.25, 0.3) is 10.9 Å². The molecule has 0 saturated carbocycles. The van der Waals surface area contributed by atoms with Crippen molar-refractivity contribution in [2.45, 2.75) is 32.7 Å². The summed E-state index contributed by atoms with van der Waals surface area (Å²) in [5.74, 6) is -0.863. The number of hydrogen-bond donors (Lipinski definition) is 2. The molecule has 0 spiro atoms. The predicted octanol–water partition coefficient (Wildman–Crippen LogP) is 2.10. The number of carbonyl (C=O) groups is 1. The second-order valence-electron chi connectivity index (χ2n) is 5.82.